The standard InChI is InChI=1S/C31H36ClN3O4S/c1-22-16-17-29(23(2)18-22)35(40(38,39)28-14-5-4-6-15-28)21-30(36)34(20-25-10-9-11-26(32)19-25)24(3)31(37)33-27-12-7-8-13-27/h4-6,9-11,14-19,24,27H,7-8,12-13,20-21H2,1-3H3,(H,33,37). The molecule has 0 radical (unpaired) electrons. The zero-order valence-electron chi connectivity index (χ0n) is 23.1. The van der Waals surface area contributed by atoms with Crippen molar-refractivity contribution in [2.75, 3.05) is 10.8 Å². The fourth-order valence-electron chi connectivity index (χ4n) is 5.12. The van der Waals surface area contributed by atoms with Gasteiger partial charge in [0, 0.05) is 17.6 Å². The van der Waals surface area contributed by atoms with Gasteiger partial charge in [0.15, 0.2) is 0 Å². The molecule has 4 rings (SSSR count). The normalized spacial score (nSPS) is 14.5. The third-order valence-corrected chi connectivity index (χ3v) is 9.35. The molecule has 40 heavy (non-hydrogen) atoms. The first-order chi connectivity index (χ1) is 19.1. The van der Waals surface area contributed by atoms with Gasteiger partial charge >= 0.3 is 0 Å². The zero-order valence-corrected chi connectivity index (χ0v) is 24.7. The van der Waals surface area contributed by atoms with E-state index in [0.29, 0.717) is 10.7 Å². The molecule has 212 valence electrons. The number of hydrogen-bond donors (Lipinski definition) is 1. The van der Waals surface area contributed by atoms with Crippen LogP contribution in [0.15, 0.2) is 77.7 Å². The van der Waals surface area contributed by atoms with Gasteiger partial charge in [0.1, 0.15) is 12.6 Å². The number of sulfonamides is 1. The molecule has 0 heterocycles. The molecule has 1 fully saturated rings. The second kappa shape index (κ2) is 12.9. The van der Waals surface area contributed by atoms with E-state index in [-0.39, 0.29) is 23.4 Å². The van der Waals surface area contributed by atoms with E-state index in [1.165, 1.54) is 17.0 Å². The lowest BCUT2D eigenvalue weighted by atomic mass is 10.1. The Hall–Kier alpha value is -3.36. The van der Waals surface area contributed by atoms with Crippen molar-refractivity contribution in [1.29, 1.82) is 0 Å². The van der Waals surface area contributed by atoms with Crippen LogP contribution in [0.2, 0.25) is 5.02 Å². The summed E-state index contributed by atoms with van der Waals surface area (Å²) in [6.07, 6.45) is 3.95. The van der Waals surface area contributed by atoms with Gasteiger partial charge in [0.2, 0.25) is 11.8 Å². The molecule has 1 unspecified atom stereocenters. The topological polar surface area (TPSA) is 86.8 Å². The van der Waals surface area contributed by atoms with Gasteiger partial charge < -0.3 is 10.2 Å². The van der Waals surface area contributed by atoms with Crippen LogP contribution in [0.3, 0.4) is 0 Å². The van der Waals surface area contributed by atoms with Gasteiger partial charge in [-0.2, -0.15) is 0 Å². The van der Waals surface area contributed by atoms with Crippen molar-refractivity contribution >= 4 is 39.1 Å². The van der Waals surface area contributed by atoms with Crippen molar-refractivity contribution < 1.29 is 18.0 Å². The summed E-state index contributed by atoms with van der Waals surface area (Å²) >= 11 is 6.22. The molecule has 1 aliphatic carbocycles. The first-order valence-electron chi connectivity index (χ1n) is 13.6. The SMILES string of the molecule is Cc1ccc(N(CC(=O)N(Cc2cccc(Cl)c2)C(C)C(=O)NC2CCCC2)S(=O)(=O)c2ccccc2)c(C)c1. The number of halogens is 1. The summed E-state index contributed by atoms with van der Waals surface area (Å²) in [4.78, 5) is 28.9. The average Bonchev–Trinajstić information content (AvgIpc) is 3.44. The number of nitrogens with zero attached hydrogens (tertiary/aromatic N) is 2. The summed E-state index contributed by atoms with van der Waals surface area (Å²) in [5.74, 6) is -0.750. The van der Waals surface area contributed by atoms with Crippen molar-refractivity contribution in [3.8, 4) is 0 Å². The van der Waals surface area contributed by atoms with Crippen LogP contribution >= 0.6 is 11.6 Å². The number of amides is 2. The summed E-state index contributed by atoms with van der Waals surface area (Å²) < 4.78 is 29.0. The molecular weight excluding hydrogens is 546 g/mol. The quantitative estimate of drug-likeness (QED) is 0.336. The Kier molecular flexibility index (Phi) is 9.53. The Labute approximate surface area is 242 Å². The van der Waals surface area contributed by atoms with Crippen molar-refractivity contribution in [3.05, 3.63) is 94.5 Å². The van der Waals surface area contributed by atoms with Gasteiger partial charge in [-0.3, -0.25) is 13.9 Å². The Morgan fingerprint density at radius 3 is 2.33 bits per heavy atom. The largest absolute Gasteiger partial charge is 0.352 e. The summed E-state index contributed by atoms with van der Waals surface area (Å²) in [6, 6.07) is 19.8. The highest BCUT2D eigenvalue weighted by Crippen LogP contribution is 2.28. The number of carbonyl (C=O) groups excluding carboxylic acids is 2. The van der Waals surface area contributed by atoms with Gasteiger partial charge in [-0.1, -0.05) is 72.5 Å². The maximum Gasteiger partial charge on any atom is 0.264 e. The van der Waals surface area contributed by atoms with E-state index in [0.717, 1.165) is 46.7 Å². The third kappa shape index (κ3) is 7.04. The molecule has 1 atom stereocenters. The predicted molar refractivity (Wildman–Crippen MR) is 159 cm³/mol. The van der Waals surface area contributed by atoms with Crippen molar-refractivity contribution in [2.45, 2.75) is 70.0 Å². The van der Waals surface area contributed by atoms with Crippen molar-refractivity contribution in [3.63, 3.8) is 0 Å². The summed E-state index contributed by atoms with van der Waals surface area (Å²) in [5.41, 5.74) is 2.85. The van der Waals surface area contributed by atoms with Crippen LogP contribution in [-0.4, -0.2) is 43.8 Å². The summed E-state index contributed by atoms with van der Waals surface area (Å²) in [6.45, 7) is 5.06. The minimum atomic E-state index is -4.10. The molecule has 1 aliphatic rings. The fraction of sp³-hybridized carbons (Fsp3) is 0.355. The van der Waals surface area contributed by atoms with E-state index in [1.54, 1.807) is 49.4 Å². The van der Waals surface area contributed by atoms with Gasteiger partial charge in [-0.05, 0) is 75.1 Å². The third-order valence-electron chi connectivity index (χ3n) is 7.34. The molecule has 2 amide bonds. The molecule has 7 nitrogen and oxygen atoms in total. The first-order valence-corrected chi connectivity index (χ1v) is 15.4. The molecule has 1 saturated carbocycles. The smallest absolute Gasteiger partial charge is 0.264 e. The number of nitrogens with one attached hydrogen (secondary N) is 1. The second-order valence-corrected chi connectivity index (χ2v) is 12.7. The number of rotatable bonds is 10. The summed E-state index contributed by atoms with van der Waals surface area (Å²) in [5, 5.41) is 3.59. The predicted octanol–water partition coefficient (Wildman–Crippen LogP) is 5.63. The Balaban J connectivity index is 1.70. The van der Waals surface area contributed by atoms with Gasteiger partial charge in [-0.15, -0.1) is 0 Å². The molecule has 1 N–H and O–H groups in total. The molecule has 0 spiro atoms. The molecule has 0 bridgehead atoms. The highest BCUT2D eigenvalue weighted by molar-refractivity contribution is 7.92. The van der Waals surface area contributed by atoms with E-state index in [2.05, 4.69) is 5.32 Å². The van der Waals surface area contributed by atoms with Crippen LogP contribution in [-0.2, 0) is 26.2 Å². The highest BCUT2D eigenvalue weighted by atomic mass is 35.5. The van der Waals surface area contributed by atoms with Gasteiger partial charge in [0.25, 0.3) is 10.0 Å². The number of aryl methyl sites for hydroxylation is 2. The fourth-order valence-corrected chi connectivity index (χ4v) is 6.84. The minimum absolute atomic E-state index is 0.0798. The molecule has 9 heteroatoms. The molecule has 3 aromatic rings. The van der Waals surface area contributed by atoms with Gasteiger partial charge in [-0.25, -0.2) is 8.42 Å². The summed E-state index contributed by atoms with van der Waals surface area (Å²) in [7, 11) is -4.10. The van der Waals surface area contributed by atoms with Crippen LogP contribution in [0, 0.1) is 13.8 Å². The van der Waals surface area contributed by atoms with Crippen molar-refractivity contribution in [2.24, 2.45) is 0 Å². The van der Waals surface area contributed by atoms with Gasteiger partial charge in [0.05, 0.1) is 10.6 Å². The Bertz CT molecular complexity index is 1460. The zero-order chi connectivity index (χ0) is 28.9. The average molecular weight is 582 g/mol. The number of hydrogen-bond acceptors (Lipinski definition) is 4. The van der Waals surface area contributed by atoms with Crippen LogP contribution < -0.4 is 9.62 Å². The maximum atomic E-state index is 14.1. The maximum absolute atomic E-state index is 14.1. The molecule has 0 aliphatic heterocycles. The molecule has 0 aromatic heterocycles. The van der Waals surface area contributed by atoms with Crippen LogP contribution in [0.4, 0.5) is 5.69 Å². The number of anilines is 1. The van der Waals surface area contributed by atoms with E-state index >= 15 is 0 Å². The second-order valence-electron chi connectivity index (χ2n) is 10.4. The van der Waals surface area contributed by atoms with Crippen LogP contribution in [0.1, 0.15) is 49.3 Å². The molecule has 3 aromatic carbocycles. The monoisotopic (exact) mass is 581 g/mol. The van der Waals surface area contributed by atoms with Crippen LogP contribution in [0.25, 0.3) is 0 Å². The van der Waals surface area contributed by atoms with Crippen LogP contribution in [0.5, 0.6) is 0 Å². The van der Waals surface area contributed by atoms with E-state index in [4.69, 9.17) is 11.6 Å². The first kappa shape index (κ1) is 29.6. The Morgan fingerprint density at radius 1 is 0.975 bits per heavy atom. The minimum Gasteiger partial charge on any atom is -0.352 e. The lowest BCUT2D eigenvalue weighted by molar-refractivity contribution is -0.139. The number of benzene rings is 3. The van der Waals surface area contributed by atoms with E-state index in [9.17, 15) is 18.0 Å². The lowest BCUT2D eigenvalue weighted by Gasteiger charge is -2.33. The highest BCUT2D eigenvalue weighted by Gasteiger charge is 2.33. The molecule has 0 saturated heterocycles. The molecular formula is C31H36ClN3O4S. The van der Waals surface area contributed by atoms with E-state index in [1.807, 2.05) is 32.0 Å². The number of carbonyl (C=O) groups is 2. The van der Waals surface area contributed by atoms with E-state index < -0.39 is 28.5 Å². The van der Waals surface area contributed by atoms with Crippen molar-refractivity contribution in [1.82, 2.24) is 10.2 Å². The Morgan fingerprint density at radius 2 is 1.68 bits per heavy atom. The lowest BCUT2D eigenvalue weighted by Crippen LogP contribution is -2.52.